The second-order valence-corrected chi connectivity index (χ2v) is 10.2. The van der Waals surface area contributed by atoms with E-state index in [0.717, 1.165) is 33.2 Å². The predicted molar refractivity (Wildman–Crippen MR) is 149 cm³/mol. The highest BCUT2D eigenvalue weighted by Gasteiger charge is 2.28. The Labute approximate surface area is 219 Å². The van der Waals surface area contributed by atoms with E-state index in [9.17, 15) is 9.59 Å². The number of fused-ring (bicyclic) bond motifs is 2. The van der Waals surface area contributed by atoms with E-state index >= 15 is 0 Å². The van der Waals surface area contributed by atoms with Crippen molar-refractivity contribution in [2.45, 2.75) is 38.8 Å². The molecule has 0 aliphatic rings. The molecular formula is C28H30N8O2. The van der Waals surface area contributed by atoms with Crippen LogP contribution in [0.25, 0.3) is 22.1 Å². The molecule has 3 aromatic carbocycles. The number of imidazole rings is 2. The van der Waals surface area contributed by atoms with Crippen LogP contribution >= 0.6 is 0 Å². The van der Waals surface area contributed by atoms with Gasteiger partial charge in [0.2, 0.25) is 11.9 Å². The zero-order valence-electron chi connectivity index (χ0n) is 21.6. The minimum atomic E-state index is -0.710. The van der Waals surface area contributed by atoms with Crippen LogP contribution in [0.15, 0.2) is 72.8 Å². The van der Waals surface area contributed by atoms with E-state index < -0.39 is 11.1 Å². The fourth-order valence-corrected chi connectivity index (χ4v) is 4.31. The first-order valence-electron chi connectivity index (χ1n) is 12.3. The molecule has 0 saturated carbocycles. The molecule has 0 aliphatic carbocycles. The molecule has 2 heterocycles. The largest absolute Gasteiger partial charge is 0.329 e. The van der Waals surface area contributed by atoms with Crippen LogP contribution in [0.5, 0.6) is 0 Å². The van der Waals surface area contributed by atoms with E-state index in [-0.39, 0.29) is 12.1 Å². The summed E-state index contributed by atoms with van der Waals surface area (Å²) in [4.78, 5) is 40.5. The number of amides is 4. The van der Waals surface area contributed by atoms with Gasteiger partial charge < -0.3 is 20.6 Å². The van der Waals surface area contributed by atoms with Gasteiger partial charge in [-0.25, -0.2) is 19.6 Å². The Balaban J connectivity index is 1.25. The predicted octanol–water partition coefficient (Wildman–Crippen LogP) is 5.55. The summed E-state index contributed by atoms with van der Waals surface area (Å²) < 4.78 is 0. The summed E-state index contributed by atoms with van der Waals surface area (Å²) in [6.07, 6.45) is 0. The van der Waals surface area contributed by atoms with Crippen molar-refractivity contribution in [3.63, 3.8) is 0 Å². The van der Waals surface area contributed by atoms with Crippen molar-refractivity contribution in [1.29, 1.82) is 0 Å². The van der Waals surface area contributed by atoms with Crippen LogP contribution in [0.1, 0.15) is 38.8 Å². The summed E-state index contributed by atoms with van der Waals surface area (Å²) in [5.41, 5.74) is 3.56. The third-order valence-electron chi connectivity index (χ3n) is 6.40. The maximum Gasteiger partial charge on any atom is 0.322 e. The second kappa shape index (κ2) is 9.55. The number of aromatic nitrogens is 4. The Bertz CT molecular complexity index is 1450. The number of aromatic amines is 2. The number of hydrogen-bond acceptors (Lipinski definition) is 4. The smallest absolute Gasteiger partial charge is 0.322 e. The Hall–Kier alpha value is -4.86. The summed E-state index contributed by atoms with van der Waals surface area (Å²) in [5, 5.41) is 11.6. The van der Waals surface area contributed by atoms with Gasteiger partial charge in [-0.2, -0.15) is 0 Å². The first-order valence-corrected chi connectivity index (χ1v) is 12.3. The fraction of sp³-hybridized carbons (Fsp3) is 0.214. The number of rotatable bonds is 6. The van der Waals surface area contributed by atoms with Crippen LogP contribution < -0.4 is 21.3 Å². The molecule has 0 fully saturated rings. The van der Waals surface area contributed by atoms with Crippen LogP contribution in [-0.2, 0) is 11.1 Å². The summed E-state index contributed by atoms with van der Waals surface area (Å²) in [6, 6.07) is 22.1. The molecular weight excluding hydrogens is 480 g/mol. The molecule has 2 aromatic heterocycles. The van der Waals surface area contributed by atoms with Crippen molar-refractivity contribution >= 4 is 46.0 Å². The number of nitrogens with zero attached hydrogens (tertiary/aromatic N) is 2. The number of anilines is 2. The first kappa shape index (κ1) is 24.8. The van der Waals surface area contributed by atoms with Crippen molar-refractivity contribution in [2.24, 2.45) is 0 Å². The molecule has 0 saturated heterocycles. The minimum Gasteiger partial charge on any atom is -0.329 e. The third kappa shape index (κ3) is 5.29. The average Bonchev–Trinajstić information content (AvgIpc) is 3.45. The molecule has 0 spiro atoms. The van der Waals surface area contributed by atoms with Gasteiger partial charge in [0, 0.05) is 0 Å². The SMILES string of the molecule is CC(C)(NC(=O)Nc1nc2ccccc2[nH]1)c1cccc(C(C)(C)NC(=O)Nc2nc3ccccc3[nH]2)c1. The highest BCUT2D eigenvalue weighted by atomic mass is 16.2. The van der Waals surface area contributed by atoms with Gasteiger partial charge in [0.05, 0.1) is 33.1 Å². The molecule has 0 bridgehead atoms. The zero-order chi connectivity index (χ0) is 26.9. The molecule has 10 heteroatoms. The number of nitrogens with one attached hydrogen (secondary N) is 6. The van der Waals surface area contributed by atoms with Crippen LogP contribution in [0.3, 0.4) is 0 Å². The fourth-order valence-electron chi connectivity index (χ4n) is 4.31. The van der Waals surface area contributed by atoms with Crippen LogP contribution in [0.2, 0.25) is 0 Å². The molecule has 38 heavy (non-hydrogen) atoms. The van der Waals surface area contributed by atoms with Crippen molar-refractivity contribution in [3.8, 4) is 0 Å². The molecule has 0 atom stereocenters. The monoisotopic (exact) mass is 510 g/mol. The van der Waals surface area contributed by atoms with Crippen molar-refractivity contribution in [1.82, 2.24) is 30.6 Å². The lowest BCUT2D eigenvalue weighted by atomic mass is 9.87. The average molecular weight is 511 g/mol. The van der Waals surface area contributed by atoms with Gasteiger partial charge in [-0.3, -0.25) is 10.6 Å². The Morgan fingerprint density at radius 3 is 1.47 bits per heavy atom. The summed E-state index contributed by atoms with van der Waals surface area (Å²) in [7, 11) is 0. The van der Waals surface area contributed by atoms with E-state index in [0.29, 0.717) is 11.9 Å². The number of benzene rings is 3. The van der Waals surface area contributed by atoms with E-state index in [1.54, 1.807) is 0 Å². The van der Waals surface area contributed by atoms with E-state index in [4.69, 9.17) is 0 Å². The van der Waals surface area contributed by atoms with Crippen molar-refractivity contribution in [2.75, 3.05) is 10.6 Å². The van der Waals surface area contributed by atoms with Crippen LogP contribution in [0.4, 0.5) is 21.5 Å². The molecule has 194 valence electrons. The minimum absolute atomic E-state index is 0.369. The van der Waals surface area contributed by atoms with E-state index in [2.05, 4.69) is 41.2 Å². The molecule has 5 rings (SSSR count). The van der Waals surface area contributed by atoms with Gasteiger partial charge in [0.1, 0.15) is 0 Å². The van der Waals surface area contributed by atoms with E-state index in [1.807, 2.05) is 100 Å². The molecule has 10 nitrogen and oxygen atoms in total. The lowest BCUT2D eigenvalue weighted by Gasteiger charge is -2.31. The van der Waals surface area contributed by atoms with Crippen LogP contribution in [0, 0.1) is 0 Å². The number of carbonyl (C=O) groups excluding carboxylic acids is 2. The Morgan fingerprint density at radius 1 is 0.632 bits per heavy atom. The Morgan fingerprint density at radius 2 is 1.05 bits per heavy atom. The van der Waals surface area contributed by atoms with Gasteiger partial charge in [0.25, 0.3) is 0 Å². The topological polar surface area (TPSA) is 140 Å². The quantitative estimate of drug-likeness (QED) is 0.178. The molecule has 0 unspecified atom stereocenters. The van der Waals surface area contributed by atoms with Crippen LogP contribution in [-0.4, -0.2) is 32.0 Å². The van der Waals surface area contributed by atoms with Crippen molar-refractivity contribution < 1.29 is 9.59 Å². The highest BCUT2D eigenvalue weighted by Crippen LogP contribution is 2.27. The second-order valence-electron chi connectivity index (χ2n) is 10.2. The number of carbonyl (C=O) groups is 2. The molecule has 0 aliphatic heterocycles. The van der Waals surface area contributed by atoms with Gasteiger partial charge >= 0.3 is 12.1 Å². The van der Waals surface area contributed by atoms with Gasteiger partial charge in [0.15, 0.2) is 0 Å². The molecule has 4 amide bonds. The molecule has 5 aromatic rings. The number of urea groups is 2. The van der Waals surface area contributed by atoms with Crippen molar-refractivity contribution in [3.05, 3.63) is 83.9 Å². The molecule has 6 N–H and O–H groups in total. The lowest BCUT2D eigenvalue weighted by molar-refractivity contribution is 0.241. The van der Waals surface area contributed by atoms with E-state index in [1.165, 1.54) is 0 Å². The maximum absolute atomic E-state index is 12.8. The first-order chi connectivity index (χ1) is 18.1. The maximum atomic E-state index is 12.8. The summed E-state index contributed by atoms with van der Waals surface area (Å²) in [5.74, 6) is 0.739. The number of H-pyrrole nitrogens is 2. The van der Waals surface area contributed by atoms with Gasteiger partial charge in [-0.15, -0.1) is 0 Å². The highest BCUT2D eigenvalue weighted by molar-refractivity contribution is 5.91. The van der Waals surface area contributed by atoms with Gasteiger partial charge in [-0.1, -0.05) is 48.5 Å². The third-order valence-corrected chi connectivity index (χ3v) is 6.40. The summed E-state index contributed by atoms with van der Waals surface area (Å²) in [6.45, 7) is 7.66. The standard InChI is InChI=1S/C28H30N8O2/c1-27(2,35-25(37)33-23-29-19-12-5-6-13-20(19)30-23)17-10-9-11-18(16-17)28(3,4)36-26(38)34-24-31-21-14-7-8-15-22(21)32-24/h5-16H,1-4H3,(H3,29,30,33,35,37)(H3,31,32,34,36,38). The number of para-hydroxylation sites is 4. The normalized spacial score (nSPS) is 11.9. The Kier molecular flexibility index (Phi) is 6.23. The number of hydrogen-bond donors (Lipinski definition) is 6. The molecule has 0 radical (unpaired) electrons. The van der Waals surface area contributed by atoms with Gasteiger partial charge in [-0.05, 0) is 63.1 Å². The lowest BCUT2D eigenvalue weighted by Crippen LogP contribution is -2.45. The summed E-state index contributed by atoms with van der Waals surface area (Å²) >= 11 is 0. The zero-order valence-corrected chi connectivity index (χ0v) is 21.6.